The van der Waals surface area contributed by atoms with Crippen LogP contribution in [0.15, 0.2) is 24.3 Å². The molecule has 2 rings (SSSR count). The Balaban J connectivity index is 2.05. The van der Waals surface area contributed by atoms with Gasteiger partial charge in [0.2, 0.25) is 11.8 Å². The van der Waals surface area contributed by atoms with E-state index in [2.05, 4.69) is 5.32 Å². The van der Waals surface area contributed by atoms with Crippen LogP contribution in [-0.2, 0) is 14.3 Å². The minimum atomic E-state index is -0.334. The van der Waals surface area contributed by atoms with E-state index >= 15 is 0 Å². The van der Waals surface area contributed by atoms with Crippen LogP contribution < -0.4 is 15.0 Å². The lowest BCUT2D eigenvalue weighted by molar-refractivity contribution is -0.126. The lowest BCUT2D eigenvalue weighted by atomic mass is 10.1. The molecule has 1 aliphatic rings. The van der Waals surface area contributed by atoms with Crippen LogP contribution in [0, 0.1) is 5.92 Å². The minimum absolute atomic E-state index is 0.0564. The standard InChI is InChI=1S/C16H22N2O4/c1-3-22-14-7-5-4-6-13(14)18-11-12(10-15(18)19)16(20)17-8-9-21-2/h4-7,12H,3,8-11H2,1-2H3,(H,17,20). The van der Waals surface area contributed by atoms with Crippen LogP contribution in [0.4, 0.5) is 5.69 Å². The Morgan fingerprint density at radius 1 is 1.41 bits per heavy atom. The predicted octanol–water partition coefficient (Wildman–Crippen LogP) is 1.20. The number of hydrogen-bond donors (Lipinski definition) is 1. The van der Waals surface area contributed by atoms with E-state index in [0.29, 0.717) is 32.1 Å². The van der Waals surface area contributed by atoms with Gasteiger partial charge in [-0.15, -0.1) is 0 Å². The van der Waals surface area contributed by atoms with Crippen molar-refractivity contribution in [1.82, 2.24) is 5.32 Å². The summed E-state index contributed by atoms with van der Waals surface area (Å²) in [7, 11) is 1.58. The number of methoxy groups -OCH3 is 1. The highest BCUT2D eigenvalue weighted by Crippen LogP contribution is 2.33. The molecule has 1 fully saturated rings. The second-order valence-electron chi connectivity index (χ2n) is 5.09. The van der Waals surface area contributed by atoms with E-state index in [-0.39, 0.29) is 24.2 Å². The first kappa shape index (κ1) is 16.3. The second-order valence-corrected chi connectivity index (χ2v) is 5.09. The fourth-order valence-electron chi connectivity index (χ4n) is 2.49. The first-order valence-electron chi connectivity index (χ1n) is 7.46. The fraction of sp³-hybridized carbons (Fsp3) is 0.500. The number of nitrogens with zero attached hydrogens (tertiary/aromatic N) is 1. The minimum Gasteiger partial charge on any atom is -0.492 e. The van der Waals surface area contributed by atoms with E-state index in [1.54, 1.807) is 12.0 Å². The van der Waals surface area contributed by atoms with Gasteiger partial charge >= 0.3 is 0 Å². The molecule has 6 nitrogen and oxygen atoms in total. The van der Waals surface area contributed by atoms with Crippen LogP contribution in [0.1, 0.15) is 13.3 Å². The van der Waals surface area contributed by atoms with Crippen LogP contribution in [0.5, 0.6) is 5.75 Å². The molecule has 1 aliphatic heterocycles. The fourth-order valence-corrected chi connectivity index (χ4v) is 2.49. The van der Waals surface area contributed by atoms with Crippen molar-refractivity contribution in [3.05, 3.63) is 24.3 Å². The number of anilines is 1. The van der Waals surface area contributed by atoms with Crippen molar-refractivity contribution < 1.29 is 19.1 Å². The molecule has 1 N–H and O–H groups in total. The van der Waals surface area contributed by atoms with Gasteiger partial charge in [0.15, 0.2) is 0 Å². The summed E-state index contributed by atoms with van der Waals surface area (Å²) in [5.41, 5.74) is 0.724. The van der Waals surface area contributed by atoms with Gasteiger partial charge in [-0.3, -0.25) is 9.59 Å². The van der Waals surface area contributed by atoms with Gasteiger partial charge in [0.25, 0.3) is 0 Å². The summed E-state index contributed by atoms with van der Waals surface area (Å²) in [6.45, 7) is 3.72. The van der Waals surface area contributed by atoms with Gasteiger partial charge in [0.05, 0.1) is 24.8 Å². The highest BCUT2D eigenvalue weighted by atomic mass is 16.5. The van der Waals surface area contributed by atoms with Gasteiger partial charge in [-0.05, 0) is 19.1 Å². The van der Waals surface area contributed by atoms with Gasteiger partial charge in [0.1, 0.15) is 5.75 Å². The molecule has 1 aromatic rings. The molecule has 1 atom stereocenters. The summed E-state index contributed by atoms with van der Waals surface area (Å²) in [4.78, 5) is 25.9. The second kappa shape index (κ2) is 7.79. The number of carbonyl (C=O) groups excluding carboxylic acids is 2. The Morgan fingerprint density at radius 2 is 2.18 bits per heavy atom. The number of nitrogens with one attached hydrogen (secondary N) is 1. The number of benzene rings is 1. The lowest BCUT2D eigenvalue weighted by Crippen LogP contribution is -2.34. The van der Waals surface area contributed by atoms with E-state index in [0.717, 1.165) is 5.69 Å². The van der Waals surface area contributed by atoms with Crippen molar-refractivity contribution in [3.63, 3.8) is 0 Å². The van der Waals surface area contributed by atoms with Crippen LogP contribution in [0.3, 0.4) is 0 Å². The Morgan fingerprint density at radius 3 is 2.91 bits per heavy atom. The lowest BCUT2D eigenvalue weighted by Gasteiger charge is -2.20. The highest BCUT2D eigenvalue weighted by Gasteiger charge is 2.36. The summed E-state index contributed by atoms with van der Waals surface area (Å²) in [6.07, 6.45) is 0.222. The average molecular weight is 306 g/mol. The number of ether oxygens (including phenoxy) is 2. The molecule has 2 amide bonds. The largest absolute Gasteiger partial charge is 0.492 e. The molecule has 0 aromatic heterocycles. The molecular formula is C16H22N2O4. The molecule has 1 heterocycles. The third-order valence-electron chi connectivity index (χ3n) is 3.56. The van der Waals surface area contributed by atoms with Crippen LogP contribution >= 0.6 is 0 Å². The third-order valence-corrected chi connectivity index (χ3v) is 3.56. The van der Waals surface area contributed by atoms with Crippen LogP contribution in [0.25, 0.3) is 0 Å². The van der Waals surface area contributed by atoms with Crippen molar-refractivity contribution in [2.75, 3.05) is 38.3 Å². The van der Waals surface area contributed by atoms with Crippen molar-refractivity contribution in [1.29, 1.82) is 0 Å². The number of amides is 2. The molecule has 0 aliphatic carbocycles. The van der Waals surface area contributed by atoms with Crippen molar-refractivity contribution >= 4 is 17.5 Å². The highest BCUT2D eigenvalue weighted by molar-refractivity contribution is 6.01. The Bertz CT molecular complexity index is 533. The maximum atomic E-state index is 12.2. The maximum Gasteiger partial charge on any atom is 0.227 e. The monoisotopic (exact) mass is 306 g/mol. The summed E-state index contributed by atoms with van der Waals surface area (Å²) in [5.74, 6) is 0.165. The number of rotatable bonds is 7. The number of hydrogen-bond acceptors (Lipinski definition) is 4. The van der Waals surface area contributed by atoms with Gasteiger partial charge in [-0.25, -0.2) is 0 Å². The van der Waals surface area contributed by atoms with Crippen molar-refractivity contribution in [2.24, 2.45) is 5.92 Å². The molecule has 0 saturated carbocycles. The van der Waals surface area contributed by atoms with Crippen molar-refractivity contribution in [2.45, 2.75) is 13.3 Å². The molecule has 120 valence electrons. The van der Waals surface area contributed by atoms with E-state index < -0.39 is 0 Å². The molecule has 0 bridgehead atoms. The normalized spacial score (nSPS) is 17.6. The third kappa shape index (κ3) is 3.76. The van der Waals surface area contributed by atoms with E-state index in [9.17, 15) is 9.59 Å². The molecule has 1 saturated heterocycles. The molecule has 22 heavy (non-hydrogen) atoms. The predicted molar refractivity (Wildman–Crippen MR) is 83.0 cm³/mol. The summed E-state index contributed by atoms with van der Waals surface area (Å²) >= 11 is 0. The molecule has 1 unspecified atom stereocenters. The van der Waals surface area contributed by atoms with Crippen molar-refractivity contribution in [3.8, 4) is 5.75 Å². The van der Waals surface area contributed by atoms with Crippen LogP contribution in [-0.4, -0.2) is 45.2 Å². The SMILES string of the molecule is CCOc1ccccc1N1CC(C(=O)NCCOC)CC1=O. The molecular weight excluding hydrogens is 284 g/mol. The first-order chi connectivity index (χ1) is 10.7. The topological polar surface area (TPSA) is 67.9 Å². The molecule has 0 radical (unpaired) electrons. The van der Waals surface area contributed by atoms with Crippen LogP contribution in [0.2, 0.25) is 0 Å². The zero-order valence-electron chi connectivity index (χ0n) is 13.0. The first-order valence-corrected chi connectivity index (χ1v) is 7.46. The molecule has 1 aromatic carbocycles. The molecule has 0 spiro atoms. The van der Waals surface area contributed by atoms with Gasteiger partial charge < -0.3 is 19.7 Å². The van der Waals surface area contributed by atoms with E-state index in [1.807, 2.05) is 31.2 Å². The molecule has 6 heteroatoms. The Labute approximate surface area is 130 Å². The number of para-hydroxylation sites is 2. The van der Waals surface area contributed by atoms with Gasteiger partial charge in [0, 0.05) is 26.6 Å². The zero-order chi connectivity index (χ0) is 15.9. The van der Waals surface area contributed by atoms with Gasteiger partial charge in [-0.2, -0.15) is 0 Å². The zero-order valence-corrected chi connectivity index (χ0v) is 13.0. The average Bonchev–Trinajstić information content (AvgIpc) is 2.90. The quantitative estimate of drug-likeness (QED) is 0.769. The van der Waals surface area contributed by atoms with E-state index in [1.165, 1.54) is 0 Å². The van der Waals surface area contributed by atoms with Gasteiger partial charge in [-0.1, -0.05) is 12.1 Å². The summed E-state index contributed by atoms with van der Waals surface area (Å²) in [5, 5.41) is 2.78. The Kier molecular flexibility index (Phi) is 5.77. The summed E-state index contributed by atoms with van der Waals surface area (Å²) < 4.78 is 10.5. The maximum absolute atomic E-state index is 12.2. The smallest absolute Gasteiger partial charge is 0.227 e. The Hall–Kier alpha value is -2.08. The summed E-state index contributed by atoms with van der Waals surface area (Å²) in [6, 6.07) is 7.40. The number of carbonyl (C=O) groups is 2. The van der Waals surface area contributed by atoms with E-state index in [4.69, 9.17) is 9.47 Å².